The highest BCUT2D eigenvalue weighted by molar-refractivity contribution is 7.47. The van der Waals surface area contributed by atoms with Gasteiger partial charge in [0, 0.05) is 12.8 Å². The van der Waals surface area contributed by atoms with Crippen molar-refractivity contribution in [2.24, 2.45) is 0 Å². The molecule has 22 nitrogen and oxygen atoms in total. The number of ether oxygens (including phenoxy) is 2. The molecule has 1 fully saturated rings. The molecule has 1 saturated carbocycles. The predicted octanol–water partition coefficient (Wildman–Crippen LogP) is 9.52. The minimum Gasteiger partial charge on any atom is -0.462 e. The summed E-state index contributed by atoms with van der Waals surface area (Å²) in [4.78, 5) is 93.0. The van der Waals surface area contributed by atoms with E-state index in [1.54, 1.807) is 0 Å². The first-order chi connectivity index (χ1) is 34.5. The van der Waals surface area contributed by atoms with E-state index in [0.717, 1.165) is 77.0 Å². The summed E-state index contributed by atoms with van der Waals surface area (Å²) in [6.45, 7) is 2.71. The number of carbonyl (C=O) groups is 2. The third-order valence-electron chi connectivity index (χ3n) is 11.3. The van der Waals surface area contributed by atoms with Crippen LogP contribution in [-0.4, -0.2) is 112 Å². The normalized spacial score (nSPS) is 21.4. The van der Waals surface area contributed by atoms with Crippen molar-refractivity contribution in [1.82, 2.24) is 0 Å². The fourth-order valence-corrected chi connectivity index (χ4v) is 10.3. The van der Waals surface area contributed by atoms with Crippen LogP contribution in [-0.2, 0) is 59.9 Å². The quantitative estimate of drug-likeness (QED) is 0.0119. The predicted molar refractivity (Wildman–Crippen MR) is 272 cm³/mol. The van der Waals surface area contributed by atoms with Crippen molar-refractivity contribution >= 4 is 43.2 Å². The second-order valence-corrected chi connectivity index (χ2v) is 22.9. The molecule has 0 spiro atoms. The Labute approximate surface area is 431 Å². The van der Waals surface area contributed by atoms with Crippen molar-refractivity contribution in [3.63, 3.8) is 0 Å². The molecular formula is C47H86O22P4. The molecule has 26 heteroatoms. The highest BCUT2D eigenvalue weighted by Crippen LogP contribution is 2.53. The Bertz CT molecular complexity index is 1770. The summed E-state index contributed by atoms with van der Waals surface area (Å²) in [6, 6.07) is 0. The Morgan fingerprint density at radius 2 is 0.795 bits per heavy atom. The molecule has 73 heavy (non-hydrogen) atoms. The Morgan fingerprint density at radius 3 is 1.25 bits per heavy atom. The van der Waals surface area contributed by atoms with E-state index in [4.69, 9.17) is 18.5 Å². The lowest BCUT2D eigenvalue weighted by molar-refractivity contribution is -0.209. The molecule has 0 aromatic carbocycles. The molecule has 9 N–H and O–H groups in total. The van der Waals surface area contributed by atoms with Gasteiger partial charge in [-0.05, 0) is 77.0 Å². The highest BCUT2D eigenvalue weighted by Gasteiger charge is 2.59. The Hall–Kier alpha value is -1.74. The number of aliphatic hydroxyl groups excluding tert-OH is 2. The smallest absolute Gasteiger partial charge is 0.462 e. The van der Waals surface area contributed by atoms with Crippen LogP contribution >= 0.6 is 31.3 Å². The fourth-order valence-electron chi connectivity index (χ4n) is 7.61. The van der Waals surface area contributed by atoms with Gasteiger partial charge >= 0.3 is 43.2 Å². The zero-order valence-corrected chi connectivity index (χ0v) is 46.2. The number of esters is 2. The first kappa shape index (κ1) is 69.3. The van der Waals surface area contributed by atoms with Gasteiger partial charge in [-0.25, -0.2) is 18.3 Å². The summed E-state index contributed by atoms with van der Waals surface area (Å²) in [6.07, 6.45) is 23.1. The van der Waals surface area contributed by atoms with Crippen molar-refractivity contribution in [3.05, 3.63) is 48.6 Å². The number of hydrogen-bond acceptors (Lipinski definition) is 15. The summed E-state index contributed by atoms with van der Waals surface area (Å²) >= 11 is 0. The topological polar surface area (TPSA) is 349 Å². The van der Waals surface area contributed by atoms with E-state index in [-0.39, 0.29) is 12.8 Å². The van der Waals surface area contributed by atoms with Crippen molar-refractivity contribution in [3.8, 4) is 0 Å². The third kappa shape index (κ3) is 37.6. The highest BCUT2D eigenvalue weighted by atomic mass is 31.2. The number of aliphatic hydroxyl groups is 2. The van der Waals surface area contributed by atoms with Gasteiger partial charge in [-0.2, -0.15) is 0 Å². The van der Waals surface area contributed by atoms with Crippen LogP contribution in [0.2, 0.25) is 0 Å². The fraction of sp³-hybridized carbons (Fsp3) is 0.787. The molecule has 1 rings (SSSR count). The van der Waals surface area contributed by atoms with E-state index in [1.807, 2.05) is 0 Å². The van der Waals surface area contributed by atoms with Gasteiger partial charge in [-0.15, -0.1) is 0 Å². The lowest BCUT2D eigenvalue weighted by Gasteiger charge is -2.45. The van der Waals surface area contributed by atoms with Gasteiger partial charge in [0.1, 0.15) is 43.2 Å². The van der Waals surface area contributed by atoms with Crippen molar-refractivity contribution in [1.29, 1.82) is 0 Å². The van der Waals surface area contributed by atoms with Crippen LogP contribution in [0.15, 0.2) is 48.6 Å². The van der Waals surface area contributed by atoms with Crippen LogP contribution in [0, 0.1) is 0 Å². The number of phosphoric acid groups is 4. The molecule has 0 aromatic heterocycles. The van der Waals surface area contributed by atoms with E-state index in [1.165, 1.54) is 57.8 Å². The molecule has 0 bridgehead atoms. The van der Waals surface area contributed by atoms with Gasteiger partial charge in [0.25, 0.3) is 0 Å². The SMILES string of the molecule is CCCCCC=CCC=CCC=CCCCCCCC(=O)OC(COC(=O)CCCCCCCC=CCCCCCCCC)COP(=O)(O)OC1C(O)C(OP(=O)(O)O)C(OP(=O)(O)O)C(OP(=O)(O)O)C1O. The average Bonchev–Trinajstić information content (AvgIpc) is 3.30. The van der Waals surface area contributed by atoms with Crippen LogP contribution < -0.4 is 0 Å². The number of rotatable bonds is 44. The Morgan fingerprint density at radius 1 is 0.438 bits per heavy atom. The number of allylic oxidation sites excluding steroid dienone is 8. The maximum Gasteiger partial charge on any atom is 0.472 e. The van der Waals surface area contributed by atoms with Crippen LogP contribution in [0.5, 0.6) is 0 Å². The van der Waals surface area contributed by atoms with Crippen LogP contribution in [0.3, 0.4) is 0 Å². The van der Waals surface area contributed by atoms with E-state index >= 15 is 0 Å². The van der Waals surface area contributed by atoms with Crippen LogP contribution in [0.4, 0.5) is 0 Å². The average molecular weight is 1130 g/mol. The summed E-state index contributed by atoms with van der Waals surface area (Å²) < 4.78 is 82.2. The lowest BCUT2D eigenvalue weighted by atomic mass is 9.85. The zero-order chi connectivity index (χ0) is 54.6. The molecule has 0 aliphatic heterocycles. The van der Waals surface area contributed by atoms with Crippen LogP contribution in [0.1, 0.15) is 181 Å². The number of hydrogen-bond donors (Lipinski definition) is 9. The Kier molecular flexibility index (Phi) is 37.6. The monoisotopic (exact) mass is 1130 g/mol. The largest absolute Gasteiger partial charge is 0.472 e. The van der Waals surface area contributed by atoms with Crippen molar-refractivity contribution in [2.45, 2.75) is 224 Å². The molecule has 6 unspecified atom stereocenters. The number of phosphoric ester groups is 4. The van der Waals surface area contributed by atoms with Gasteiger partial charge in [0.2, 0.25) is 0 Å². The minimum atomic E-state index is -5.80. The molecule has 1 aliphatic carbocycles. The first-order valence-electron chi connectivity index (χ1n) is 25.7. The first-order valence-corrected chi connectivity index (χ1v) is 31.8. The molecule has 0 radical (unpaired) electrons. The summed E-state index contributed by atoms with van der Waals surface area (Å²) in [5.41, 5.74) is 0. The molecule has 0 aromatic rings. The minimum absolute atomic E-state index is 0.0178. The molecule has 1 aliphatic rings. The van der Waals surface area contributed by atoms with Gasteiger partial charge < -0.3 is 53.9 Å². The number of carbonyl (C=O) groups excluding carboxylic acids is 2. The maximum absolute atomic E-state index is 13.3. The second-order valence-electron chi connectivity index (χ2n) is 18.0. The third-order valence-corrected chi connectivity index (χ3v) is 13.9. The standard InChI is InChI=1S/C47H86O22P4/c1-3-5-7-9-11-13-15-17-19-20-22-24-26-28-30-32-34-36-41(49)65-39(37-63-40(48)35-33-31-29-27-25-23-21-18-16-14-12-10-8-6-4-2)38-64-73(61,62)69-44-42(50)45(66-70(52,53)54)47(68-72(58,59)60)46(43(44)51)67-71(55,56)57/h11,13,17-19,21-22,24,39,42-47,50-51H,3-10,12,14-16,20,23,25-38H2,1-2H3,(H,61,62)(H2,52,53,54)(H2,55,56,57)(H2,58,59,60). The summed E-state index contributed by atoms with van der Waals surface area (Å²) in [7, 11) is -23.0. The number of unbranched alkanes of at least 4 members (excludes halogenated alkanes) is 18. The van der Waals surface area contributed by atoms with E-state index in [2.05, 4.69) is 76.0 Å². The molecule has 0 amide bonds. The summed E-state index contributed by atoms with van der Waals surface area (Å²) in [5, 5.41) is 21.9. The van der Waals surface area contributed by atoms with E-state index < -0.39 is 99.2 Å². The second kappa shape index (κ2) is 39.6. The molecular weight excluding hydrogens is 1040 g/mol. The molecule has 0 saturated heterocycles. The van der Waals surface area contributed by atoms with Gasteiger partial charge in [-0.3, -0.25) is 32.2 Å². The van der Waals surface area contributed by atoms with Crippen molar-refractivity contribution < 1.29 is 104 Å². The Balaban J connectivity index is 2.89. The van der Waals surface area contributed by atoms with Crippen LogP contribution in [0.25, 0.3) is 0 Å². The zero-order valence-electron chi connectivity index (χ0n) is 42.6. The van der Waals surface area contributed by atoms with E-state index in [9.17, 15) is 72.3 Å². The van der Waals surface area contributed by atoms with Crippen molar-refractivity contribution in [2.75, 3.05) is 13.2 Å². The molecule has 0 heterocycles. The van der Waals surface area contributed by atoms with E-state index in [0.29, 0.717) is 19.3 Å². The molecule has 6 atom stereocenters. The maximum atomic E-state index is 13.3. The van der Waals surface area contributed by atoms with Gasteiger partial charge in [0.05, 0.1) is 6.61 Å². The molecule has 426 valence electrons. The summed E-state index contributed by atoms with van der Waals surface area (Å²) in [5.74, 6) is -1.44. The lowest BCUT2D eigenvalue weighted by Crippen LogP contribution is -2.65. The van der Waals surface area contributed by atoms with Gasteiger partial charge in [-0.1, -0.05) is 140 Å². The van der Waals surface area contributed by atoms with Gasteiger partial charge in [0.15, 0.2) is 6.10 Å².